The summed E-state index contributed by atoms with van der Waals surface area (Å²) < 4.78 is 32.7. The standard InChI is InChI=1S/C27H40F2N2O/c1-3-5-6-7-8-9-11-22-20-30-27(31-21-22)23-14-16-26(17-15-23)32-19-18-25(29)13-10-12-24(28)4-2/h14-17,20-21,24-25H,3-13,18-19H2,1-2H3. The molecule has 0 saturated heterocycles. The van der Waals surface area contributed by atoms with E-state index in [1.807, 2.05) is 43.6 Å². The van der Waals surface area contributed by atoms with Crippen molar-refractivity contribution in [3.63, 3.8) is 0 Å². The Balaban J connectivity index is 1.68. The van der Waals surface area contributed by atoms with Crippen LogP contribution in [0, 0.1) is 0 Å². The normalized spacial score (nSPS) is 13.1. The van der Waals surface area contributed by atoms with Crippen molar-refractivity contribution in [2.75, 3.05) is 6.61 Å². The quantitative estimate of drug-likeness (QED) is 0.230. The highest BCUT2D eigenvalue weighted by molar-refractivity contribution is 5.55. The molecule has 32 heavy (non-hydrogen) atoms. The van der Waals surface area contributed by atoms with E-state index in [1.54, 1.807) is 0 Å². The number of alkyl halides is 2. The van der Waals surface area contributed by atoms with Crippen LogP contribution in [-0.2, 0) is 6.42 Å². The molecule has 2 atom stereocenters. The Bertz CT molecular complexity index is 721. The Morgan fingerprint density at radius 3 is 2.12 bits per heavy atom. The van der Waals surface area contributed by atoms with Gasteiger partial charge in [0.2, 0.25) is 0 Å². The molecule has 2 unspecified atom stereocenters. The van der Waals surface area contributed by atoms with Crippen molar-refractivity contribution in [2.45, 2.75) is 103 Å². The van der Waals surface area contributed by atoms with Crippen LogP contribution in [0.2, 0.25) is 0 Å². The van der Waals surface area contributed by atoms with Crippen molar-refractivity contribution < 1.29 is 13.5 Å². The van der Waals surface area contributed by atoms with Crippen molar-refractivity contribution in [2.24, 2.45) is 0 Å². The zero-order valence-corrected chi connectivity index (χ0v) is 19.9. The molecular formula is C27H40F2N2O. The molecule has 0 fully saturated rings. The van der Waals surface area contributed by atoms with E-state index in [9.17, 15) is 8.78 Å². The second-order valence-corrected chi connectivity index (χ2v) is 8.63. The highest BCUT2D eigenvalue weighted by Gasteiger charge is 2.10. The van der Waals surface area contributed by atoms with Crippen molar-refractivity contribution in [3.05, 3.63) is 42.2 Å². The molecule has 0 amide bonds. The van der Waals surface area contributed by atoms with Crippen LogP contribution < -0.4 is 4.74 Å². The number of nitrogens with zero attached hydrogens (tertiary/aromatic N) is 2. The average Bonchev–Trinajstić information content (AvgIpc) is 2.82. The summed E-state index contributed by atoms with van der Waals surface area (Å²) in [5.74, 6) is 1.40. The fraction of sp³-hybridized carbons (Fsp3) is 0.630. The number of benzene rings is 1. The summed E-state index contributed by atoms with van der Waals surface area (Å²) in [5, 5.41) is 0. The van der Waals surface area contributed by atoms with E-state index in [0.717, 1.165) is 12.0 Å². The molecule has 0 saturated carbocycles. The van der Waals surface area contributed by atoms with Crippen molar-refractivity contribution in [1.82, 2.24) is 9.97 Å². The summed E-state index contributed by atoms with van der Waals surface area (Å²) in [6, 6.07) is 7.59. The van der Waals surface area contributed by atoms with Crippen LogP contribution in [0.25, 0.3) is 11.4 Å². The van der Waals surface area contributed by atoms with Crippen LogP contribution in [0.15, 0.2) is 36.7 Å². The van der Waals surface area contributed by atoms with Gasteiger partial charge in [-0.1, -0.05) is 46.0 Å². The number of rotatable bonds is 17. The molecule has 0 aliphatic carbocycles. The molecule has 0 spiro atoms. The van der Waals surface area contributed by atoms with Gasteiger partial charge in [0.1, 0.15) is 11.9 Å². The van der Waals surface area contributed by atoms with Gasteiger partial charge in [0.15, 0.2) is 5.82 Å². The number of aromatic nitrogens is 2. The first-order chi connectivity index (χ1) is 15.6. The number of unbranched alkanes of at least 4 members (excludes halogenated alkanes) is 5. The fourth-order valence-electron chi connectivity index (χ4n) is 3.66. The number of hydrogen-bond acceptors (Lipinski definition) is 3. The minimum atomic E-state index is -0.943. The molecule has 178 valence electrons. The zero-order chi connectivity index (χ0) is 23.0. The van der Waals surface area contributed by atoms with Crippen molar-refractivity contribution >= 4 is 0 Å². The highest BCUT2D eigenvalue weighted by atomic mass is 19.1. The maximum absolute atomic E-state index is 13.9. The maximum atomic E-state index is 13.9. The first-order valence-corrected chi connectivity index (χ1v) is 12.4. The van der Waals surface area contributed by atoms with E-state index in [0.29, 0.717) is 50.3 Å². The molecule has 3 nitrogen and oxygen atoms in total. The Labute approximate surface area is 193 Å². The molecule has 5 heteroatoms. The van der Waals surface area contributed by atoms with Crippen LogP contribution >= 0.6 is 0 Å². The molecule has 0 aliphatic rings. The van der Waals surface area contributed by atoms with Crippen LogP contribution in [0.5, 0.6) is 5.75 Å². The summed E-state index contributed by atoms with van der Waals surface area (Å²) in [5.41, 5.74) is 2.12. The number of hydrogen-bond donors (Lipinski definition) is 0. The molecule has 0 radical (unpaired) electrons. The minimum Gasteiger partial charge on any atom is -0.493 e. The lowest BCUT2D eigenvalue weighted by atomic mass is 10.1. The third kappa shape index (κ3) is 10.5. The van der Waals surface area contributed by atoms with Gasteiger partial charge in [-0.05, 0) is 68.4 Å². The molecule has 0 bridgehead atoms. The van der Waals surface area contributed by atoms with E-state index >= 15 is 0 Å². The Morgan fingerprint density at radius 1 is 0.781 bits per heavy atom. The Hall–Kier alpha value is -2.04. The number of halogens is 2. The van der Waals surface area contributed by atoms with Gasteiger partial charge >= 0.3 is 0 Å². The third-order valence-electron chi connectivity index (χ3n) is 5.81. The number of aryl methyl sites for hydroxylation is 1. The van der Waals surface area contributed by atoms with Gasteiger partial charge in [-0.3, -0.25) is 0 Å². The van der Waals surface area contributed by atoms with Crippen molar-refractivity contribution in [3.8, 4) is 17.1 Å². The average molecular weight is 447 g/mol. The van der Waals surface area contributed by atoms with Gasteiger partial charge in [-0.25, -0.2) is 18.7 Å². The lowest BCUT2D eigenvalue weighted by molar-refractivity contribution is 0.214. The minimum absolute atomic E-state index is 0.316. The lowest BCUT2D eigenvalue weighted by Gasteiger charge is -2.11. The summed E-state index contributed by atoms with van der Waals surface area (Å²) in [6.45, 7) is 4.37. The third-order valence-corrected chi connectivity index (χ3v) is 5.81. The highest BCUT2D eigenvalue weighted by Crippen LogP contribution is 2.20. The second kappa shape index (κ2) is 15.7. The Morgan fingerprint density at radius 2 is 1.44 bits per heavy atom. The van der Waals surface area contributed by atoms with Gasteiger partial charge in [0, 0.05) is 24.4 Å². The largest absolute Gasteiger partial charge is 0.493 e. The zero-order valence-electron chi connectivity index (χ0n) is 19.9. The first kappa shape index (κ1) is 26.2. The van der Waals surface area contributed by atoms with Crippen LogP contribution in [-0.4, -0.2) is 28.9 Å². The molecule has 0 N–H and O–H groups in total. The molecule has 0 aliphatic heterocycles. The first-order valence-electron chi connectivity index (χ1n) is 12.4. The van der Waals surface area contributed by atoms with Crippen LogP contribution in [0.4, 0.5) is 8.78 Å². The molecule has 2 aromatic rings. The SMILES string of the molecule is CCCCCCCCc1cnc(-c2ccc(OCCC(F)CCCC(F)CC)cc2)nc1. The predicted molar refractivity (Wildman–Crippen MR) is 129 cm³/mol. The van der Waals surface area contributed by atoms with E-state index in [1.165, 1.54) is 44.1 Å². The van der Waals surface area contributed by atoms with E-state index in [2.05, 4.69) is 16.9 Å². The van der Waals surface area contributed by atoms with Gasteiger partial charge in [-0.2, -0.15) is 0 Å². The van der Waals surface area contributed by atoms with Crippen molar-refractivity contribution in [1.29, 1.82) is 0 Å². The summed E-state index contributed by atoms with van der Waals surface area (Å²) in [4.78, 5) is 9.02. The predicted octanol–water partition coefficient (Wildman–Crippen LogP) is 8.07. The Kier molecular flexibility index (Phi) is 12.9. The maximum Gasteiger partial charge on any atom is 0.159 e. The van der Waals surface area contributed by atoms with Crippen LogP contribution in [0.1, 0.15) is 90.0 Å². The molecule has 1 aromatic carbocycles. The van der Waals surface area contributed by atoms with E-state index in [-0.39, 0.29) is 0 Å². The van der Waals surface area contributed by atoms with Gasteiger partial charge in [0.25, 0.3) is 0 Å². The molecule has 2 rings (SSSR count). The summed E-state index contributed by atoms with van der Waals surface area (Å²) in [7, 11) is 0. The second-order valence-electron chi connectivity index (χ2n) is 8.63. The molecule has 1 aromatic heterocycles. The van der Waals surface area contributed by atoms with Gasteiger partial charge in [0.05, 0.1) is 12.8 Å². The van der Waals surface area contributed by atoms with E-state index < -0.39 is 12.3 Å². The lowest BCUT2D eigenvalue weighted by Crippen LogP contribution is -2.09. The summed E-state index contributed by atoms with van der Waals surface area (Å²) >= 11 is 0. The van der Waals surface area contributed by atoms with Gasteiger partial charge in [-0.15, -0.1) is 0 Å². The fourth-order valence-corrected chi connectivity index (χ4v) is 3.66. The molecule has 1 heterocycles. The molecular weight excluding hydrogens is 406 g/mol. The van der Waals surface area contributed by atoms with Gasteiger partial charge < -0.3 is 4.74 Å². The smallest absolute Gasteiger partial charge is 0.159 e. The monoisotopic (exact) mass is 446 g/mol. The van der Waals surface area contributed by atoms with E-state index in [4.69, 9.17) is 4.74 Å². The number of ether oxygens (including phenoxy) is 1. The summed E-state index contributed by atoms with van der Waals surface area (Å²) in [6.07, 6.45) is 13.1. The van der Waals surface area contributed by atoms with Crippen LogP contribution in [0.3, 0.4) is 0 Å². The topological polar surface area (TPSA) is 35.0 Å².